The number of hydrogen-bond donors (Lipinski definition) is 2. The van der Waals surface area contributed by atoms with Crippen molar-refractivity contribution in [3.05, 3.63) is 0 Å². The first-order valence-electron chi connectivity index (χ1n) is 6.24. The second kappa shape index (κ2) is 6.83. The first kappa shape index (κ1) is 17.3. The van der Waals surface area contributed by atoms with Crippen molar-refractivity contribution in [2.45, 2.75) is 30.9 Å². The zero-order valence-corrected chi connectivity index (χ0v) is 12.9. The van der Waals surface area contributed by atoms with Crippen LogP contribution >= 0.6 is 0 Å². The van der Waals surface area contributed by atoms with Crippen molar-refractivity contribution in [2.75, 3.05) is 19.4 Å². The van der Waals surface area contributed by atoms with Gasteiger partial charge in [0.25, 0.3) is 0 Å². The van der Waals surface area contributed by atoms with E-state index in [9.17, 15) is 21.6 Å². The standard InChI is InChI=1S/C10H20N2O6S2/c1-18-10(13)8-4-2-5-9(8)20(16,17)12-6-3-7-19(11,14)15/h8-9,12H,2-7H2,1H3,(H2,11,14,15). The number of carbonyl (C=O) groups is 1. The maximum atomic E-state index is 12.1. The number of primary sulfonamides is 1. The molecule has 3 N–H and O–H groups in total. The number of rotatable bonds is 7. The molecule has 0 heterocycles. The molecule has 1 saturated carbocycles. The number of carbonyl (C=O) groups excluding carboxylic acids is 1. The van der Waals surface area contributed by atoms with Crippen molar-refractivity contribution in [3.8, 4) is 0 Å². The molecule has 1 aliphatic carbocycles. The van der Waals surface area contributed by atoms with Gasteiger partial charge in [-0.2, -0.15) is 0 Å². The average Bonchev–Trinajstić information content (AvgIpc) is 2.82. The molecule has 20 heavy (non-hydrogen) atoms. The van der Waals surface area contributed by atoms with Crippen LogP contribution in [0, 0.1) is 5.92 Å². The highest BCUT2D eigenvalue weighted by molar-refractivity contribution is 7.90. The summed E-state index contributed by atoms with van der Waals surface area (Å²) >= 11 is 0. The van der Waals surface area contributed by atoms with Crippen LogP contribution in [-0.2, 0) is 29.6 Å². The van der Waals surface area contributed by atoms with E-state index in [0.717, 1.165) is 0 Å². The lowest BCUT2D eigenvalue weighted by Crippen LogP contribution is -2.40. The second-order valence-electron chi connectivity index (χ2n) is 4.76. The summed E-state index contributed by atoms with van der Waals surface area (Å²) in [6.45, 7) is -0.0246. The molecular formula is C10H20N2O6S2. The molecule has 0 saturated heterocycles. The third kappa shape index (κ3) is 5.00. The number of ether oxygens (including phenoxy) is 1. The lowest BCUT2D eigenvalue weighted by Gasteiger charge is -2.18. The van der Waals surface area contributed by atoms with Gasteiger partial charge in [0.1, 0.15) is 0 Å². The van der Waals surface area contributed by atoms with Crippen molar-refractivity contribution in [1.29, 1.82) is 0 Å². The second-order valence-corrected chi connectivity index (χ2v) is 8.48. The van der Waals surface area contributed by atoms with Crippen LogP contribution in [0.5, 0.6) is 0 Å². The number of hydrogen-bond acceptors (Lipinski definition) is 6. The van der Waals surface area contributed by atoms with Crippen LogP contribution in [0.4, 0.5) is 0 Å². The quantitative estimate of drug-likeness (QED) is 0.451. The SMILES string of the molecule is COC(=O)C1CCCC1S(=O)(=O)NCCCS(N)(=O)=O. The third-order valence-corrected chi connectivity index (χ3v) is 6.09. The summed E-state index contributed by atoms with van der Waals surface area (Å²) in [5.41, 5.74) is 0. The monoisotopic (exact) mass is 328 g/mol. The van der Waals surface area contributed by atoms with Crippen LogP contribution in [0.2, 0.25) is 0 Å². The molecule has 2 atom stereocenters. The Labute approximate surface area is 119 Å². The normalized spacial score (nSPS) is 23.7. The minimum atomic E-state index is -3.67. The van der Waals surface area contributed by atoms with Crippen LogP contribution in [0.25, 0.3) is 0 Å². The van der Waals surface area contributed by atoms with Crippen molar-refractivity contribution < 1.29 is 26.4 Å². The van der Waals surface area contributed by atoms with E-state index >= 15 is 0 Å². The maximum absolute atomic E-state index is 12.1. The number of methoxy groups -OCH3 is 1. The Balaban J connectivity index is 2.57. The zero-order valence-electron chi connectivity index (χ0n) is 11.2. The highest BCUT2D eigenvalue weighted by Gasteiger charge is 2.41. The molecule has 118 valence electrons. The van der Waals surface area contributed by atoms with Gasteiger partial charge in [0, 0.05) is 6.54 Å². The van der Waals surface area contributed by atoms with Gasteiger partial charge in [-0.1, -0.05) is 6.42 Å². The van der Waals surface area contributed by atoms with E-state index in [1.165, 1.54) is 7.11 Å². The summed E-state index contributed by atoms with van der Waals surface area (Å²) in [6.07, 6.45) is 1.61. The fraction of sp³-hybridized carbons (Fsp3) is 0.900. The predicted octanol–water partition coefficient (Wildman–Crippen LogP) is -1.07. The van der Waals surface area contributed by atoms with E-state index < -0.39 is 37.2 Å². The molecular weight excluding hydrogens is 308 g/mol. The van der Waals surface area contributed by atoms with Crippen molar-refractivity contribution in [1.82, 2.24) is 4.72 Å². The van der Waals surface area contributed by atoms with Crippen molar-refractivity contribution in [2.24, 2.45) is 11.1 Å². The Bertz CT molecular complexity index is 542. The number of nitrogens with one attached hydrogen (secondary N) is 1. The molecule has 1 fully saturated rings. The van der Waals surface area contributed by atoms with Gasteiger partial charge in [-0.15, -0.1) is 0 Å². The lowest BCUT2D eigenvalue weighted by atomic mass is 10.1. The van der Waals surface area contributed by atoms with Gasteiger partial charge in [-0.3, -0.25) is 4.79 Å². The van der Waals surface area contributed by atoms with Gasteiger partial charge >= 0.3 is 5.97 Å². The largest absolute Gasteiger partial charge is 0.469 e. The van der Waals surface area contributed by atoms with Gasteiger partial charge in [0.15, 0.2) is 0 Å². The molecule has 1 aliphatic rings. The lowest BCUT2D eigenvalue weighted by molar-refractivity contribution is -0.145. The molecule has 0 radical (unpaired) electrons. The Morgan fingerprint density at radius 1 is 1.30 bits per heavy atom. The summed E-state index contributed by atoms with van der Waals surface area (Å²) in [5, 5.41) is 4.01. The molecule has 0 bridgehead atoms. The van der Waals surface area contributed by atoms with Gasteiger partial charge in [-0.05, 0) is 19.3 Å². The van der Waals surface area contributed by atoms with Crippen LogP contribution in [0.3, 0.4) is 0 Å². The number of nitrogens with two attached hydrogens (primary N) is 1. The first-order chi connectivity index (χ1) is 9.17. The van der Waals surface area contributed by atoms with Crippen molar-refractivity contribution in [3.63, 3.8) is 0 Å². The first-order valence-corrected chi connectivity index (χ1v) is 9.50. The smallest absolute Gasteiger partial charge is 0.310 e. The summed E-state index contributed by atoms with van der Waals surface area (Å²) < 4.78 is 52.6. The number of esters is 1. The van der Waals surface area contributed by atoms with Crippen LogP contribution in [-0.4, -0.2) is 47.5 Å². The van der Waals surface area contributed by atoms with Gasteiger partial charge < -0.3 is 4.74 Å². The predicted molar refractivity (Wildman–Crippen MR) is 72.7 cm³/mol. The van der Waals surface area contributed by atoms with E-state index in [4.69, 9.17) is 5.14 Å². The molecule has 8 nitrogen and oxygen atoms in total. The zero-order chi connectivity index (χ0) is 15.4. The van der Waals surface area contributed by atoms with Gasteiger partial charge in [-0.25, -0.2) is 26.7 Å². The highest BCUT2D eigenvalue weighted by atomic mass is 32.2. The molecule has 0 aromatic rings. The van der Waals surface area contributed by atoms with Crippen LogP contribution in [0.15, 0.2) is 0 Å². The molecule has 0 aromatic heterocycles. The molecule has 0 amide bonds. The summed E-state index contributed by atoms with van der Waals surface area (Å²) in [4.78, 5) is 11.5. The summed E-state index contributed by atoms with van der Waals surface area (Å²) in [7, 11) is -6.04. The topological polar surface area (TPSA) is 133 Å². The maximum Gasteiger partial charge on any atom is 0.310 e. The Hall–Kier alpha value is -0.710. The minimum absolute atomic E-state index is 0.0246. The van der Waals surface area contributed by atoms with E-state index in [-0.39, 0.29) is 18.7 Å². The van der Waals surface area contributed by atoms with Gasteiger partial charge in [0.2, 0.25) is 20.0 Å². The third-order valence-electron chi connectivity index (χ3n) is 3.26. The van der Waals surface area contributed by atoms with E-state index in [1.807, 2.05) is 0 Å². The van der Waals surface area contributed by atoms with Crippen molar-refractivity contribution >= 4 is 26.0 Å². The fourth-order valence-electron chi connectivity index (χ4n) is 2.31. The Morgan fingerprint density at radius 3 is 2.50 bits per heavy atom. The Kier molecular flexibility index (Phi) is 5.92. The minimum Gasteiger partial charge on any atom is -0.469 e. The highest BCUT2D eigenvalue weighted by Crippen LogP contribution is 2.31. The average molecular weight is 328 g/mol. The molecule has 1 rings (SSSR count). The molecule has 2 unspecified atom stereocenters. The van der Waals surface area contributed by atoms with Crippen LogP contribution in [0.1, 0.15) is 25.7 Å². The van der Waals surface area contributed by atoms with E-state index in [1.54, 1.807) is 0 Å². The van der Waals surface area contributed by atoms with Crippen LogP contribution < -0.4 is 9.86 Å². The molecule has 0 spiro atoms. The van der Waals surface area contributed by atoms with E-state index in [2.05, 4.69) is 9.46 Å². The summed E-state index contributed by atoms with van der Waals surface area (Å²) in [6, 6.07) is 0. The molecule has 0 aliphatic heterocycles. The number of sulfonamides is 2. The van der Waals surface area contributed by atoms with Gasteiger partial charge in [0.05, 0.1) is 24.0 Å². The molecule has 10 heteroatoms. The fourth-order valence-corrected chi connectivity index (χ4v) is 4.66. The Morgan fingerprint density at radius 2 is 1.95 bits per heavy atom. The van der Waals surface area contributed by atoms with E-state index in [0.29, 0.717) is 19.3 Å². The molecule has 0 aromatic carbocycles. The summed E-state index contributed by atoms with van der Waals surface area (Å²) in [5.74, 6) is -1.47.